The highest BCUT2D eigenvalue weighted by Crippen LogP contribution is 2.32. The SMILES string of the molecule is CC(C)(C)C(=O)N1CCN(c2c(C#N)cnc3ccc(Cl)cc23)CC1. The van der Waals surface area contributed by atoms with Gasteiger partial charge in [0.25, 0.3) is 0 Å². The van der Waals surface area contributed by atoms with Crippen molar-refractivity contribution in [2.75, 3.05) is 31.1 Å². The lowest BCUT2D eigenvalue weighted by atomic mass is 9.94. The number of benzene rings is 1. The van der Waals surface area contributed by atoms with Gasteiger partial charge in [0, 0.05) is 48.2 Å². The van der Waals surface area contributed by atoms with Gasteiger partial charge >= 0.3 is 0 Å². The van der Waals surface area contributed by atoms with E-state index in [1.807, 2.05) is 37.8 Å². The molecule has 0 bridgehead atoms. The van der Waals surface area contributed by atoms with Crippen molar-refractivity contribution in [2.24, 2.45) is 5.41 Å². The van der Waals surface area contributed by atoms with Gasteiger partial charge in [0.15, 0.2) is 0 Å². The highest BCUT2D eigenvalue weighted by Gasteiger charge is 2.30. The second-order valence-corrected chi connectivity index (χ2v) is 7.76. The Morgan fingerprint density at radius 1 is 1.24 bits per heavy atom. The highest BCUT2D eigenvalue weighted by atomic mass is 35.5. The number of hydrogen-bond donors (Lipinski definition) is 0. The summed E-state index contributed by atoms with van der Waals surface area (Å²) in [6.45, 7) is 8.47. The number of nitrogens with zero attached hydrogens (tertiary/aromatic N) is 4. The maximum absolute atomic E-state index is 12.5. The van der Waals surface area contributed by atoms with E-state index in [-0.39, 0.29) is 11.3 Å². The van der Waals surface area contributed by atoms with Crippen LogP contribution in [0.3, 0.4) is 0 Å². The molecule has 3 rings (SSSR count). The Hall–Kier alpha value is -2.32. The number of carbonyl (C=O) groups is 1. The number of anilines is 1. The van der Waals surface area contributed by atoms with Crippen LogP contribution in [0.15, 0.2) is 24.4 Å². The lowest BCUT2D eigenvalue weighted by molar-refractivity contribution is -0.139. The van der Waals surface area contributed by atoms with Gasteiger partial charge in [-0.2, -0.15) is 5.26 Å². The zero-order chi connectivity index (χ0) is 18.2. The monoisotopic (exact) mass is 356 g/mol. The molecule has 0 atom stereocenters. The number of nitriles is 1. The third-order valence-corrected chi connectivity index (χ3v) is 4.68. The van der Waals surface area contributed by atoms with Gasteiger partial charge in [-0.05, 0) is 18.2 Å². The molecule has 1 aromatic carbocycles. The molecule has 1 aliphatic rings. The summed E-state index contributed by atoms with van der Waals surface area (Å²) in [6.07, 6.45) is 1.61. The maximum atomic E-state index is 12.5. The Labute approximate surface area is 152 Å². The Morgan fingerprint density at radius 2 is 1.92 bits per heavy atom. The van der Waals surface area contributed by atoms with Gasteiger partial charge in [-0.3, -0.25) is 9.78 Å². The molecule has 0 unspecified atom stereocenters. The fraction of sp³-hybridized carbons (Fsp3) is 0.421. The van der Waals surface area contributed by atoms with Crippen LogP contribution in [0.5, 0.6) is 0 Å². The van der Waals surface area contributed by atoms with Gasteiger partial charge in [-0.1, -0.05) is 32.4 Å². The molecule has 1 aliphatic heterocycles. The fourth-order valence-electron chi connectivity index (χ4n) is 3.18. The zero-order valence-corrected chi connectivity index (χ0v) is 15.5. The first kappa shape index (κ1) is 17.5. The largest absolute Gasteiger partial charge is 0.366 e. The summed E-state index contributed by atoms with van der Waals surface area (Å²) in [7, 11) is 0. The van der Waals surface area contributed by atoms with Gasteiger partial charge < -0.3 is 9.80 Å². The number of amides is 1. The van der Waals surface area contributed by atoms with Crippen molar-refractivity contribution in [3.63, 3.8) is 0 Å². The lowest BCUT2D eigenvalue weighted by Crippen LogP contribution is -2.51. The minimum absolute atomic E-state index is 0.162. The van der Waals surface area contributed by atoms with E-state index in [2.05, 4.69) is 16.0 Å². The van der Waals surface area contributed by atoms with Crippen LogP contribution in [-0.4, -0.2) is 42.0 Å². The van der Waals surface area contributed by atoms with E-state index in [9.17, 15) is 10.1 Å². The smallest absolute Gasteiger partial charge is 0.228 e. The summed E-state index contributed by atoms with van der Waals surface area (Å²) in [5.74, 6) is 0.162. The number of aromatic nitrogens is 1. The van der Waals surface area contributed by atoms with Crippen molar-refractivity contribution < 1.29 is 4.79 Å². The molecular weight excluding hydrogens is 336 g/mol. The Bertz CT molecular complexity index is 858. The van der Waals surface area contributed by atoms with Crippen LogP contribution in [-0.2, 0) is 4.79 Å². The molecule has 25 heavy (non-hydrogen) atoms. The van der Waals surface area contributed by atoms with Crippen LogP contribution >= 0.6 is 11.6 Å². The van der Waals surface area contributed by atoms with Crippen LogP contribution in [0.25, 0.3) is 10.9 Å². The minimum atomic E-state index is -0.378. The number of fused-ring (bicyclic) bond motifs is 1. The van der Waals surface area contributed by atoms with E-state index in [0.717, 1.165) is 16.6 Å². The topological polar surface area (TPSA) is 60.2 Å². The average Bonchev–Trinajstić information content (AvgIpc) is 2.59. The number of piperazine rings is 1. The molecule has 1 fully saturated rings. The fourth-order valence-corrected chi connectivity index (χ4v) is 3.35. The molecule has 1 amide bonds. The van der Waals surface area contributed by atoms with E-state index < -0.39 is 0 Å². The number of pyridine rings is 1. The summed E-state index contributed by atoms with van der Waals surface area (Å²) in [5, 5.41) is 11.0. The molecule has 0 N–H and O–H groups in total. The summed E-state index contributed by atoms with van der Waals surface area (Å²) in [5.41, 5.74) is 1.83. The lowest BCUT2D eigenvalue weighted by Gasteiger charge is -2.39. The van der Waals surface area contributed by atoms with Crippen LogP contribution in [0.2, 0.25) is 5.02 Å². The van der Waals surface area contributed by atoms with Crippen molar-refractivity contribution in [3.8, 4) is 6.07 Å². The second kappa shape index (κ2) is 6.53. The van der Waals surface area contributed by atoms with Gasteiger partial charge in [0.1, 0.15) is 6.07 Å². The molecule has 0 radical (unpaired) electrons. The van der Waals surface area contributed by atoms with Crippen molar-refractivity contribution in [1.82, 2.24) is 9.88 Å². The number of carbonyl (C=O) groups excluding carboxylic acids is 1. The standard InChI is InChI=1S/C19H21ClN4O/c1-19(2,3)18(25)24-8-6-23(7-9-24)17-13(11-21)12-22-16-5-4-14(20)10-15(16)17/h4-5,10,12H,6-9H2,1-3H3. The molecule has 5 nitrogen and oxygen atoms in total. The molecule has 1 saturated heterocycles. The second-order valence-electron chi connectivity index (χ2n) is 7.32. The predicted octanol–water partition coefficient (Wildman–Crippen LogP) is 3.45. The van der Waals surface area contributed by atoms with Crippen molar-refractivity contribution in [2.45, 2.75) is 20.8 Å². The molecule has 0 spiro atoms. The first-order chi connectivity index (χ1) is 11.8. The summed E-state index contributed by atoms with van der Waals surface area (Å²) >= 11 is 6.16. The molecule has 1 aromatic heterocycles. The zero-order valence-electron chi connectivity index (χ0n) is 14.7. The van der Waals surface area contributed by atoms with Crippen molar-refractivity contribution >= 4 is 34.1 Å². The van der Waals surface area contributed by atoms with E-state index >= 15 is 0 Å². The van der Waals surface area contributed by atoms with Gasteiger partial charge in [0.2, 0.25) is 5.91 Å². The van der Waals surface area contributed by atoms with Crippen LogP contribution in [0.1, 0.15) is 26.3 Å². The molecule has 0 aliphatic carbocycles. The number of halogens is 1. The van der Waals surface area contributed by atoms with Gasteiger partial charge in [-0.15, -0.1) is 0 Å². The predicted molar refractivity (Wildman–Crippen MR) is 99.7 cm³/mol. The quantitative estimate of drug-likeness (QED) is 0.785. The van der Waals surface area contributed by atoms with E-state index in [4.69, 9.17) is 11.6 Å². The van der Waals surface area contributed by atoms with Crippen LogP contribution < -0.4 is 4.90 Å². The normalized spacial score (nSPS) is 15.3. The summed E-state index contributed by atoms with van der Waals surface area (Å²) < 4.78 is 0. The Morgan fingerprint density at radius 3 is 2.52 bits per heavy atom. The molecule has 2 heterocycles. The molecule has 130 valence electrons. The third kappa shape index (κ3) is 3.40. The molecule has 2 aromatic rings. The van der Waals surface area contributed by atoms with E-state index in [1.165, 1.54) is 0 Å². The number of rotatable bonds is 1. The first-order valence-electron chi connectivity index (χ1n) is 8.34. The highest BCUT2D eigenvalue weighted by molar-refractivity contribution is 6.31. The summed E-state index contributed by atoms with van der Waals surface area (Å²) in [6, 6.07) is 7.75. The minimum Gasteiger partial charge on any atom is -0.366 e. The number of hydrogen-bond acceptors (Lipinski definition) is 4. The molecule has 6 heteroatoms. The van der Waals surface area contributed by atoms with Crippen LogP contribution in [0, 0.1) is 16.7 Å². The van der Waals surface area contributed by atoms with Crippen LogP contribution in [0.4, 0.5) is 5.69 Å². The van der Waals surface area contributed by atoms with Gasteiger partial charge in [0.05, 0.1) is 16.8 Å². The van der Waals surface area contributed by atoms with Gasteiger partial charge in [-0.25, -0.2) is 0 Å². The Balaban J connectivity index is 1.92. The Kier molecular flexibility index (Phi) is 4.57. The maximum Gasteiger partial charge on any atom is 0.228 e. The van der Waals surface area contributed by atoms with E-state index in [0.29, 0.717) is 36.8 Å². The molecule has 0 saturated carbocycles. The third-order valence-electron chi connectivity index (χ3n) is 4.45. The molecular formula is C19H21ClN4O. The summed E-state index contributed by atoms with van der Waals surface area (Å²) in [4.78, 5) is 20.9. The van der Waals surface area contributed by atoms with E-state index in [1.54, 1.807) is 12.3 Å². The van der Waals surface area contributed by atoms with Crippen molar-refractivity contribution in [1.29, 1.82) is 5.26 Å². The first-order valence-corrected chi connectivity index (χ1v) is 8.72. The van der Waals surface area contributed by atoms with Crippen molar-refractivity contribution in [3.05, 3.63) is 35.0 Å². The average molecular weight is 357 g/mol.